The summed E-state index contributed by atoms with van der Waals surface area (Å²) in [6, 6.07) is 19.1. The van der Waals surface area contributed by atoms with Crippen LogP contribution in [0.4, 0.5) is 0 Å². The van der Waals surface area contributed by atoms with E-state index in [4.69, 9.17) is 0 Å². The molecule has 0 unspecified atom stereocenters. The standard InChI is InChI=1S/C17H17N3Se/c1-14-7-9-15(10-8-14)11-20-12-16(18-19-20)13-21-17-5-3-2-4-6-17/h2-10,12H,11,13H2,1H3. The van der Waals surface area contributed by atoms with Crippen molar-refractivity contribution in [3.05, 3.63) is 77.6 Å². The van der Waals surface area contributed by atoms with Crippen molar-refractivity contribution in [1.82, 2.24) is 15.0 Å². The Balaban J connectivity index is 1.59. The molecular weight excluding hydrogens is 325 g/mol. The molecule has 2 aromatic carbocycles. The van der Waals surface area contributed by atoms with Gasteiger partial charge in [0.1, 0.15) is 0 Å². The second-order valence-electron chi connectivity index (χ2n) is 4.99. The van der Waals surface area contributed by atoms with E-state index in [-0.39, 0.29) is 0 Å². The van der Waals surface area contributed by atoms with Gasteiger partial charge < -0.3 is 0 Å². The fourth-order valence-electron chi connectivity index (χ4n) is 2.04. The topological polar surface area (TPSA) is 30.7 Å². The third-order valence-corrected chi connectivity index (χ3v) is 5.37. The average molecular weight is 342 g/mol. The molecule has 0 aliphatic heterocycles. The van der Waals surface area contributed by atoms with E-state index in [2.05, 4.69) is 78.0 Å². The van der Waals surface area contributed by atoms with Gasteiger partial charge in [0.25, 0.3) is 0 Å². The molecule has 3 nitrogen and oxygen atoms in total. The summed E-state index contributed by atoms with van der Waals surface area (Å²) in [5, 5.41) is 9.49. The molecule has 0 atom stereocenters. The fourth-order valence-corrected chi connectivity index (χ4v) is 3.71. The Labute approximate surface area is 131 Å². The van der Waals surface area contributed by atoms with E-state index in [9.17, 15) is 0 Å². The Morgan fingerprint density at radius 3 is 2.52 bits per heavy atom. The monoisotopic (exact) mass is 343 g/mol. The first kappa shape index (κ1) is 14.1. The summed E-state index contributed by atoms with van der Waals surface area (Å²) in [6.07, 6.45) is 2.06. The van der Waals surface area contributed by atoms with Crippen LogP contribution >= 0.6 is 0 Å². The molecule has 21 heavy (non-hydrogen) atoms. The zero-order valence-electron chi connectivity index (χ0n) is 11.9. The molecule has 0 N–H and O–H groups in total. The number of nitrogens with zero attached hydrogens (tertiary/aromatic N) is 3. The van der Waals surface area contributed by atoms with Crippen LogP contribution in [0.3, 0.4) is 0 Å². The molecular formula is C17H17N3Se. The molecule has 1 heterocycles. The zero-order valence-corrected chi connectivity index (χ0v) is 13.7. The fraction of sp³-hybridized carbons (Fsp3) is 0.176. The predicted octanol–water partition coefficient (Wildman–Crippen LogP) is 2.16. The minimum atomic E-state index is 0.423. The first-order valence-electron chi connectivity index (χ1n) is 6.92. The van der Waals surface area contributed by atoms with Gasteiger partial charge in [0.05, 0.1) is 0 Å². The maximum atomic E-state index is 4.27. The molecule has 0 spiro atoms. The van der Waals surface area contributed by atoms with Crippen LogP contribution in [0.15, 0.2) is 60.8 Å². The van der Waals surface area contributed by atoms with Crippen LogP contribution in [0.25, 0.3) is 0 Å². The van der Waals surface area contributed by atoms with Crippen LogP contribution in [-0.2, 0) is 11.9 Å². The Morgan fingerprint density at radius 2 is 1.76 bits per heavy atom. The normalized spacial score (nSPS) is 10.7. The van der Waals surface area contributed by atoms with Gasteiger partial charge in [-0.3, -0.25) is 0 Å². The van der Waals surface area contributed by atoms with Crippen molar-refractivity contribution in [1.29, 1.82) is 0 Å². The van der Waals surface area contributed by atoms with Gasteiger partial charge in [0.15, 0.2) is 0 Å². The Hall–Kier alpha value is -1.90. The molecule has 4 heteroatoms. The van der Waals surface area contributed by atoms with Gasteiger partial charge in [0.2, 0.25) is 0 Å². The van der Waals surface area contributed by atoms with Crippen LogP contribution in [0.2, 0.25) is 0 Å². The van der Waals surface area contributed by atoms with Crippen LogP contribution in [0, 0.1) is 6.92 Å². The van der Waals surface area contributed by atoms with Crippen LogP contribution in [0.1, 0.15) is 16.8 Å². The molecule has 0 bridgehead atoms. The van der Waals surface area contributed by atoms with Crippen LogP contribution in [-0.4, -0.2) is 30.0 Å². The summed E-state index contributed by atoms with van der Waals surface area (Å²) < 4.78 is 3.32. The average Bonchev–Trinajstić information content (AvgIpc) is 2.96. The Kier molecular flexibility index (Phi) is 4.49. The Morgan fingerprint density at radius 1 is 1.00 bits per heavy atom. The van der Waals surface area contributed by atoms with Gasteiger partial charge in [-0.25, -0.2) is 0 Å². The molecule has 106 valence electrons. The van der Waals surface area contributed by atoms with Crippen LogP contribution in [0.5, 0.6) is 0 Å². The molecule has 0 aliphatic carbocycles. The van der Waals surface area contributed by atoms with Crippen molar-refractivity contribution >= 4 is 19.4 Å². The number of rotatable bonds is 5. The van der Waals surface area contributed by atoms with E-state index in [0.29, 0.717) is 15.0 Å². The molecule has 0 fully saturated rings. The van der Waals surface area contributed by atoms with Gasteiger partial charge in [-0.2, -0.15) is 0 Å². The minimum absolute atomic E-state index is 0.423. The first-order chi connectivity index (χ1) is 10.3. The summed E-state index contributed by atoms with van der Waals surface area (Å²) >= 11 is 0.423. The molecule has 0 saturated heterocycles. The van der Waals surface area contributed by atoms with E-state index < -0.39 is 0 Å². The van der Waals surface area contributed by atoms with Crippen molar-refractivity contribution in [2.24, 2.45) is 0 Å². The number of aromatic nitrogens is 3. The molecule has 0 radical (unpaired) electrons. The third kappa shape index (κ3) is 4.03. The summed E-state index contributed by atoms with van der Waals surface area (Å²) in [5.41, 5.74) is 3.61. The van der Waals surface area contributed by atoms with Crippen molar-refractivity contribution in [3.8, 4) is 0 Å². The van der Waals surface area contributed by atoms with Gasteiger partial charge in [0, 0.05) is 0 Å². The Bertz CT molecular complexity index is 690. The third-order valence-electron chi connectivity index (χ3n) is 3.18. The van der Waals surface area contributed by atoms with Gasteiger partial charge >= 0.3 is 131 Å². The predicted molar refractivity (Wildman–Crippen MR) is 85.8 cm³/mol. The van der Waals surface area contributed by atoms with Crippen molar-refractivity contribution in [2.45, 2.75) is 18.8 Å². The summed E-state index contributed by atoms with van der Waals surface area (Å²) in [4.78, 5) is 0. The number of hydrogen-bond acceptors (Lipinski definition) is 2. The second-order valence-corrected chi connectivity index (χ2v) is 7.20. The van der Waals surface area contributed by atoms with E-state index >= 15 is 0 Å². The summed E-state index contributed by atoms with van der Waals surface area (Å²) in [6.45, 7) is 2.88. The van der Waals surface area contributed by atoms with E-state index in [0.717, 1.165) is 17.6 Å². The van der Waals surface area contributed by atoms with Crippen LogP contribution < -0.4 is 4.46 Å². The van der Waals surface area contributed by atoms with E-state index in [1.165, 1.54) is 15.6 Å². The van der Waals surface area contributed by atoms with E-state index in [1.807, 2.05) is 4.68 Å². The van der Waals surface area contributed by atoms with Gasteiger partial charge in [-0.05, 0) is 0 Å². The van der Waals surface area contributed by atoms with Crippen molar-refractivity contribution in [3.63, 3.8) is 0 Å². The van der Waals surface area contributed by atoms with Gasteiger partial charge in [-0.15, -0.1) is 0 Å². The van der Waals surface area contributed by atoms with Crippen molar-refractivity contribution in [2.75, 3.05) is 0 Å². The molecule has 0 saturated carbocycles. The van der Waals surface area contributed by atoms with Crippen molar-refractivity contribution < 1.29 is 0 Å². The molecule has 0 aliphatic rings. The number of benzene rings is 2. The second kappa shape index (κ2) is 6.70. The van der Waals surface area contributed by atoms with E-state index in [1.54, 1.807) is 0 Å². The SMILES string of the molecule is Cc1ccc(Cn2cc(C[Se]c3ccccc3)nn2)cc1. The maximum absolute atomic E-state index is 4.27. The molecule has 0 amide bonds. The summed E-state index contributed by atoms with van der Waals surface area (Å²) in [5.74, 6) is 0. The molecule has 3 rings (SSSR count). The number of hydrogen-bond donors (Lipinski definition) is 0. The van der Waals surface area contributed by atoms with Gasteiger partial charge in [-0.1, -0.05) is 0 Å². The molecule has 3 aromatic rings. The molecule has 1 aromatic heterocycles. The summed E-state index contributed by atoms with van der Waals surface area (Å²) in [7, 11) is 0. The number of aryl methyl sites for hydroxylation is 1. The first-order valence-corrected chi connectivity index (χ1v) is 8.99. The zero-order chi connectivity index (χ0) is 14.5. The quantitative estimate of drug-likeness (QED) is 0.666.